The van der Waals surface area contributed by atoms with E-state index in [2.05, 4.69) is 29.4 Å². The van der Waals surface area contributed by atoms with E-state index in [4.69, 9.17) is 9.72 Å². The lowest BCUT2D eigenvalue weighted by Gasteiger charge is -2.05. The van der Waals surface area contributed by atoms with E-state index in [0.717, 1.165) is 55.3 Å². The number of ether oxygens (including phenoxy) is 1. The molecule has 6 nitrogen and oxygen atoms in total. The Kier molecular flexibility index (Phi) is 5.25. The average Bonchev–Trinajstić information content (AvgIpc) is 3.43. The standard InChI is InChI=1S/C23H19N3O3S2/c1-13-19(25-22(30-13)14-5-3-2-4-6-14)12-29-17-7-8-18-15(10-17)9-16(24-18)11-20-21(27)26-23(28)31-20/h2-10,20,24H,11-12H2,1H3,(H,26,27,28). The largest absolute Gasteiger partial charge is 0.487 e. The number of benzene rings is 2. The highest BCUT2D eigenvalue weighted by Gasteiger charge is 2.31. The Morgan fingerprint density at radius 3 is 2.71 bits per heavy atom. The molecule has 2 aromatic carbocycles. The van der Waals surface area contributed by atoms with E-state index in [1.54, 1.807) is 11.3 Å². The Balaban J connectivity index is 1.29. The van der Waals surface area contributed by atoms with Crippen LogP contribution in [0.25, 0.3) is 21.5 Å². The number of nitrogens with zero attached hydrogens (tertiary/aromatic N) is 1. The zero-order valence-electron chi connectivity index (χ0n) is 16.7. The summed E-state index contributed by atoms with van der Waals surface area (Å²) in [6, 6.07) is 18.0. The number of nitrogens with one attached hydrogen (secondary N) is 2. The number of aromatic nitrogens is 2. The van der Waals surface area contributed by atoms with E-state index in [-0.39, 0.29) is 16.4 Å². The number of amides is 2. The summed E-state index contributed by atoms with van der Waals surface area (Å²) < 4.78 is 6.02. The molecule has 2 amide bonds. The molecule has 1 atom stereocenters. The Hall–Kier alpha value is -3.10. The quantitative estimate of drug-likeness (QED) is 0.429. The lowest BCUT2D eigenvalue weighted by molar-refractivity contribution is -0.118. The number of aryl methyl sites for hydroxylation is 1. The van der Waals surface area contributed by atoms with E-state index in [0.29, 0.717) is 13.0 Å². The Bertz CT molecular complexity index is 1280. The molecule has 2 N–H and O–H groups in total. The maximum absolute atomic E-state index is 11.8. The second-order valence-electron chi connectivity index (χ2n) is 7.31. The second-order valence-corrected chi connectivity index (χ2v) is 9.69. The molecule has 0 bridgehead atoms. The lowest BCUT2D eigenvalue weighted by atomic mass is 10.2. The summed E-state index contributed by atoms with van der Waals surface area (Å²) in [5, 5.41) is 3.65. The van der Waals surface area contributed by atoms with E-state index in [1.807, 2.05) is 42.5 Å². The number of rotatable bonds is 6. The van der Waals surface area contributed by atoms with Crippen LogP contribution in [0.1, 0.15) is 16.3 Å². The minimum atomic E-state index is -0.386. The SMILES string of the molecule is Cc1sc(-c2ccccc2)nc1COc1ccc2[nH]c(CC3SC(=O)NC3=O)cc2c1. The fraction of sp³-hybridized carbons (Fsp3) is 0.174. The Morgan fingerprint density at radius 1 is 1.10 bits per heavy atom. The number of aromatic amines is 1. The first-order valence-electron chi connectivity index (χ1n) is 9.83. The molecule has 31 heavy (non-hydrogen) atoms. The van der Waals surface area contributed by atoms with Gasteiger partial charge in [-0.3, -0.25) is 14.9 Å². The van der Waals surface area contributed by atoms with Crippen molar-refractivity contribution < 1.29 is 14.3 Å². The predicted molar refractivity (Wildman–Crippen MR) is 124 cm³/mol. The molecule has 3 heterocycles. The van der Waals surface area contributed by atoms with Gasteiger partial charge in [0.2, 0.25) is 5.91 Å². The molecule has 156 valence electrons. The number of carbonyl (C=O) groups excluding carboxylic acids is 2. The van der Waals surface area contributed by atoms with E-state index in [9.17, 15) is 9.59 Å². The van der Waals surface area contributed by atoms with Crippen molar-refractivity contribution in [2.75, 3.05) is 0 Å². The van der Waals surface area contributed by atoms with Gasteiger partial charge >= 0.3 is 0 Å². The molecular formula is C23H19N3O3S2. The molecule has 1 saturated heterocycles. The monoisotopic (exact) mass is 449 g/mol. The highest BCUT2D eigenvalue weighted by Crippen LogP contribution is 2.29. The van der Waals surface area contributed by atoms with Gasteiger partial charge in [-0.2, -0.15) is 0 Å². The minimum absolute atomic E-state index is 0.230. The van der Waals surface area contributed by atoms with Gasteiger partial charge in [-0.15, -0.1) is 11.3 Å². The number of hydrogen-bond acceptors (Lipinski definition) is 6. The molecule has 1 aliphatic heterocycles. The van der Waals surface area contributed by atoms with Gasteiger partial charge in [0.15, 0.2) is 0 Å². The van der Waals surface area contributed by atoms with Crippen LogP contribution in [-0.2, 0) is 17.8 Å². The van der Waals surface area contributed by atoms with Crippen LogP contribution in [0.3, 0.4) is 0 Å². The van der Waals surface area contributed by atoms with Crippen LogP contribution in [0.15, 0.2) is 54.6 Å². The minimum Gasteiger partial charge on any atom is -0.487 e. The maximum atomic E-state index is 11.8. The van der Waals surface area contributed by atoms with Crippen molar-refractivity contribution in [3.63, 3.8) is 0 Å². The third kappa shape index (κ3) is 4.22. The van der Waals surface area contributed by atoms with Crippen LogP contribution in [0, 0.1) is 6.92 Å². The van der Waals surface area contributed by atoms with Gasteiger partial charge in [0.1, 0.15) is 17.4 Å². The van der Waals surface area contributed by atoms with Gasteiger partial charge in [-0.05, 0) is 31.2 Å². The lowest BCUT2D eigenvalue weighted by Crippen LogP contribution is -2.25. The Morgan fingerprint density at radius 2 is 1.94 bits per heavy atom. The molecule has 0 spiro atoms. The fourth-order valence-corrected chi connectivity index (χ4v) is 5.28. The van der Waals surface area contributed by atoms with Crippen molar-refractivity contribution in [2.24, 2.45) is 0 Å². The molecule has 2 aromatic heterocycles. The van der Waals surface area contributed by atoms with Crippen molar-refractivity contribution in [3.8, 4) is 16.3 Å². The summed E-state index contributed by atoms with van der Waals surface area (Å²) in [6.07, 6.45) is 0.480. The van der Waals surface area contributed by atoms with Crippen LogP contribution in [0.4, 0.5) is 4.79 Å². The third-order valence-corrected chi connectivity index (χ3v) is 7.15. The van der Waals surface area contributed by atoms with E-state index < -0.39 is 0 Å². The summed E-state index contributed by atoms with van der Waals surface area (Å²) in [6.45, 7) is 2.46. The number of imide groups is 1. The van der Waals surface area contributed by atoms with Crippen molar-refractivity contribution in [2.45, 2.75) is 25.2 Å². The van der Waals surface area contributed by atoms with Crippen LogP contribution in [0.5, 0.6) is 5.75 Å². The van der Waals surface area contributed by atoms with Gasteiger partial charge < -0.3 is 9.72 Å². The van der Waals surface area contributed by atoms with Gasteiger partial charge in [0.25, 0.3) is 5.24 Å². The number of carbonyl (C=O) groups is 2. The molecule has 4 aromatic rings. The summed E-state index contributed by atoms with van der Waals surface area (Å²) in [4.78, 5) is 32.4. The average molecular weight is 450 g/mol. The Labute approximate surface area is 187 Å². The summed E-state index contributed by atoms with van der Waals surface area (Å²) in [5.41, 5.74) is 3.93. The van der Waals surface area contributed by atoms with Gasteiger partial charge in [0.05, 0.1) is 10.9 Å². The summed E-state index contributed by atoms with van der Waals surface area (Å²) in [7, 11) is 0. The topological polar surface area (TPSA) is 84.1 Å². The van der Waals surface area contributed by atoms with Crippen molar-refractivity contribution in [3.05, 3.63) is 70.9 Å². The zero-order chi connectivity index (χ0) is 21.4. The third-order valence-electron chi connectivity index (χ3n) is 5.11. The van der Waals surface area contributed by atoms with E-state index >= 15 is 0 Å². The number of H-pyrrole nitrogens is 1. The molecule has 5 rings (SSSR count). The molecular weight excluding hydrogens is 430 g/mol. The number of hydrogen-bond donors (Lipinski definition) is 2. The molecule has 0 saturated carbocycles. The second kappa shape index (κ2) is 8.20. The normalized spacial score (nSPS) is 16.1. The summed E-state index contributed by atoms with van der Waals surface area (Å²) in [5.74, 6) is 0.529. The molecule has 1 aliphatic rings. The number of thiazole rings is 1. The van der Waals surface area contributed by atoms with Crippen molar-refractivity contribution in [1.29, 1.82) is 0 Å². The molecule has 0 radical (unpaired) electrons. The first-order chi connectivity index (χ1) is 15.0. The first kappa shape index (κ1) is 19.8. The smallest absolute Gasteiger partial charge is 0.286 e. The van der Waals surface area contributed by atoms with Crippen LogP contribution >= 0.6 is 23.1 Å². The van der Waals surface area contributed by atoms with Gasteiger partial charge in [0, 0.05) is 33.5 Å². The molecule has 1 unspecified atom stereocenters. The summed E-state index contributed by atoms with van der Waals surface area (Å²) >= 11 is 2.71. The van der Waals surface area contributed by atoms with Crippen molar-refractivity contribution >= 4 is 45.1 Å². The first-order valence-corrected chi connectivity index (χ1v) is 11.5. The number of fused-ring (bicyclic) bond motifs is 1. The van der Waals surface area contributed by atoms with Gasteiger partial charge in [-0.25, -0.2) is 4.98 Å². The molecule has 8 heteroatoms. The maximum Gasteiger partial charge on any atom is 0.286 e. The number of thioether (sulfide) groups is 1. The fourth-order valence-electron chi connectivity index (χ4n) is 3.52. The van der Waals surface area contributed by atoms with Crippen LogP contribution in [-0.4, -0.2) is 26.4 Å². The molecule has 1 fully saturated rings. The van der Waals surface area contributed by atoms with Crippen LogP contribution < -0.4 is 10.1 Å². The van der Waals surface area contributed by atoms with Crippen molar-refractivity contribution in [1.82, 2.24) is 15.3 Å². The van der Waals surface area contributed by atoms with Gasteiger partial charge in [-0.1, -0.05) is 42.1 Å². The molecule has 0 aliphatic carbocycles. The predicted octanol–water partition coefficient (Wildman–Crippen LogP) is 5.07. The zero-order valence-corrected chi connectivity index (χ0v) is 18.3. The van der Waals surface area contributed by atoms with E-state index in [1.165, 1.54) is 0 Å². The highest BCUT2D eigenvalue weighted by atomic mass is 32.2. The highest BCUT2D eigenvalue weighted by molar-refractivity contribution is 8.15. The van der Waals surface area contributed by atoms with Crippen LogP contribution in [0.2, 0.25) is 0 Å².